The van der Waals surface area contributed by atoms with Crippen LogP contribution in [0.25, 0.3) is 22.4 Å². The number of piperazine rings is 1. The van der Waals surface area contributed by atoms with E-state index in [1.807, 2.05) is 48.5 Å². The summed E-state index contributed by atoms with van der Waals surface area (Å²) in [6, 6.07) is 35.0. The molecule has 0 radical (unpaired) electrons. The van der Waals surface area contributed by atoms with E-state index in [9.17, 15) is 18.0 Å². The lowest BCUT2D eigenvalue weighted by atomic mass is 10.1. The summed E-state index contributed by atoms with van der Waals surface area (Å²) < 4.78 is 34.0. The molecule has 47 heavy (non-hydrogen) atoms. The number of para-hydroxylation sites is 2. The number of nitrogens with one attached hydrogen (secondary N) is 1. The van der Waals surface area contributed by atoms with Crippen LogP contribution in [0.2, 0.25) is 0 Å². The number of alkyl halides is 3. The van der Waals surface area contributed by atoms with Gasteiger partial charge in [0.2, 0.25) is 0 Å². The van der Waals surface area contributed by atoms with Gasteiger partial charge >= 0.3 is 12.1 Å². The minimum absolute atomic E-state index is 0.0779. The van der Waals surface area contributed by atoms with Crippen LogP contribution in [0.4, 0.5) is 13.2 Å². The fraction of sp³-hybridized carbons (Fsp3) is 0.250. The summed E-state index contributed by atoms with van der Waals surface area (Å²) in [6.45, 7) is 6.68. The van der Waals surface area contributed by atoms with Gasteiger partial charge in [-0.05, 0) is 48.0 Å². The van der Waals surface area contributed by atoms with Crippen molar-refractivity contribution in [3.8, 4) is 11.4 Å². The number of rotatable bonds is 8. The highest BCUT2D eigenvalue weighted by atomic mass is 19.4. The summed E-state index contributed by atoms with van der Waals surface area (Å²) in [5.41, 5.74) is 7.31. The van der Waals surface area contributed by atoms with Crippen molar-refractivity contribution in [2.45, 2.75) is 25.8 Å². The Morgan fingerprint density at radius 3 is 1.98 bits per heavy atom. The number of fused-ring (bicyclic) bond motifs is 1. The first-order valence-corrected chi connectivity index (χ1v) is 15.2. The summed E-state index contributed by atoms with van der Waals surface area (Å²) >= 11 is 0. The third-order valence-electron chi connectivity index (χ3n) is 7.96. The van der Waals surface area contributed by atoms with Gasteiger partial charge < -0.3 is 19.9 Å². The molecule has 1 fully saturated rings. The van der Waals surface area contributed by atoms with Gasteiger partial charge in [-0.15, -0.1) is 0 Å². The first-order valence-electron chi connectivity index (χ1n) is 15.2. The van der Waals surface area contributed by atoms with E-state index < -0.39 is 12.1 Å². The van der Waals surface area contributed by atoms with Gasteiger partial charge in [0.25, 0.3) is 5.91 Å². The van der Waals surface area contributed by atoms with E-state index in [4.69, 9.17) is 14.9 Å². The van der Waals surface area contributed by atoms with Gasteiger partial charge in [-0.1, -0.05) is 78.9 Å². The number of carboxylic acids is 1. The number of carbonyl (C=O) groups excluding carboxylic acids is 1. The summed E-state index contributed by atoms with van der Waals surface area (Å²) in [5, 5.41) is 10.2. The number of hydrogen-bond acceptors (Lipinski definition) is 5. The topological polar surface area (TPSA) is 90.7 Å². The number of benzene rings is 4. The van der Waals surface area contributed by atoms with Crippen molar-refractivity contribution in [2.24, 2.45) is 0 Å². The van der Waals surface area contributed by atoms with Crippen LogP contribution in [0, 0.1) is 0 Å². The lowest BCUT2D eigenvalue weighted by Gasteiger charge is -2.32. The Hall–Kier alpha value is -5.00. The molecule has 8 nitrogen and oxygen atoms in total. The van der Waals surface area contributed by atoms with E-state index in [2.05, 4.69) is 81.3 Å². The molecule has 6 rings (SSSR count). The van der Waals surface area contributed by atoms with Crippen molar-refractivity contribution < 1.29 is 27.9 Å². The fourth-order valence-electron chi connectivity index (χ4n) is 5.30. The van der Waals surface area contributed by atoms with E-state index in [-0.39, 0.29) is 5.91 Å². The molecular weight excluding hydrogens is 607 g/mol. The van der Waals surface area contributed by atoms with E-state index in [1.54, 1.807) is 0 Å². The second-order valence-electron chi connectivity index (χ2n) is 11.5. The predicted molar refractivity (Wildman–Crippen MR) is 175 cm³/mol. The molecule has 2 N–H and O–H groups in total. The van der Waals surface area contributed by atoms with Gasteiger partial charge in [-0.25, -0.2) is 9.78 Å². The van der Waals surface area contributed by atoms with Crippen LogP contribution < -0.4 is 5.32 Å². The Morgan fingerprint density at radius 1 is 0.766 bits per heavy atom. The van der Waals surface area contributed by atoms with Gasteiger partial charge in [-0.3, -0.25) is 9.69 Å². The lowest BCUT2D eigenvalue weighted by molar-refractivity contribution is -0.192. The smallest absolute Gasteiger partial charge is 0.475 e. The Bertz CT molecular complexity index is 1780. The van der Waals surface area contributed by atoms with Gasteiger partial charge in [0, 0.05) is 56.9 Å². The SMILES string of the molecule is CN1CCN(Cc2ccc(CNC(=O)c3ccc(-c4nc5ccccc5n4Cc4ccccc4)cc3)cc2)CC1.O=C(O)C(F)(F)F. The molecule has 1 saturated heterocycles. The van der Waals surface area contributed by atoms with Crippen molar-refractivity contribution in [2.75, 3.05) is 33.2 Å². The molecular formula is C36H36F3N5O3. The summed E-state index contributed by atoms with van der Waals surface area (Å²) in [6.07, 6.45) is -5.08. The van der Waals surface area contributed by atoms with Crippen molar-refractivity contribution in [1.29, 1.82) is 0 Å². The standard InChI is InChI=1S/C34H35N5O.C2HF3O2/c1-37-19-21-38(22-20-37)24-28-13-11-26(12-14-28)23-35-34(40)30-17-15-29(16-18-30)33-36-31-9-5-6-10-32(31)39(33)25-27-7-3-2-4-8-27;3-2(4,5)1(6)7/h2-18H,19-25H2,1H3,(H,35,40);(H,6,7). The minimum atomic E-state index is -5.08. The molecule has 1 amide bonds. The highest BCUT2D eigenvalue weighted by Crippen LogP contribution is 2.26. The predicted octanol–water partition coefficient (Wildman–Crippen LogP) is 6.06. The van der Waals surface area contributed by atoms with E-state index in [0.29, 0.717) is 12.1 Å². The number of amides is 1. The summed E-state index contributed by atoms with van der Waals surface area (Å²) in [7, 11) is 2.18. The number of nitrogens with zero attached hydrogens (tertiary/aromatic N) is 4. The lowest BCUT2D eigenvalue weighted by Crippen LogP contribution is -2.43. The maximum Gasteiger partial charge on any atom is 0.490 e. The number of likely N-dealkylation sites (N-methyl/N-ethyl adjacent to an activating group) is 1. The molecule has 4 aromatic carbocycles. The number of aliphatic carboxylic acids is 1. The number of hydrogen-bond donors (Lipinski definition) is 2. The molecule has 0 saturated carbocycles. The molecule has 244 valence electrons. The highest BCUT2D eigenvalue weighted by molar-refractivity contribution is 5.94. The number of carboxylic acid groups (broad SMARTS) is 1. The zero-order valence-electron chi connectivity index (χ0n) is 26.0. The van der Waals surface area contributed by atoms with Gasteiger partial charge in [0.1, 0.15) is 5.82 Å². The van der Waals surface area contributed by atoms with Gasteiger partial charge in [0.05, 0.1) is 11.0 Å². The first-order chi connectivity index (χ1) is 22.6. The van der Waals surface area contributed by atoms with E-state index >= 15 is 0 Å². The Kier molecular flexibility index (Phi) is 10.7. The van der Waals surface area contributed by atoms with Gasteiger partial charge in [-0.2, -0.15) is 13.2 Å². The fourth-order valence-corrected chi connectivity index (χ4v) is 5.30. The molecule has 0 unspecified atom stereocenters. The molecule has 1 aliphatic rings. The molecule has 2 heterocycles. The average molecular weight is 644 g/mol. The Labute approximate surface area is 271 Å². The quantitative estimate of drug-likeness (QED) is 0.214. The van der Waals surface area contributed by atoms with E-state index in [0.717, 1.165) is 67.3 Å². The van der Waals surface area contributed by atoms with Crippen LogP contribution in [0.5, 0.6) is 0 Å². The molecule has 1 aliphatic heterocycles. The highest BCUT2D eigenvalue weighted by Gasteiger charge is 2.38. The van der Waals surface area contributed by atoms with Gasteiger partial charge in [0.15, 0.2) is 0 Å². The summed E-state index contributed by atoms with van der Waals surface area (Å²) in [5.74, 6) is -1.94. The third-order valence-corrected chi connectivity index (χ3v) is 7.96. The van der Waals surface area contributed by atoms with Crippen LogP contribution in [0.15, 0.2) is 103 Å². The van der Waals surface area contributed by atoms with Crippen LogP contribution in [0.3, 0.4) is 0 Å². The van der Waals surface area contributed by atoms with Crippen molar-refractivity contribution >= 4 is 22.9 Å². The monoisotopic (exact) mass is 643 g/mol. The number of aromatic nitrogens is 2. The second-order valence-corrected chi connectivity index (χ2v) is 11.5. The number of carbonyl (C=O) groups is 2. The second kappa shape index (κ2) is 15.1. The van der Waals surface area contributed by atoms with Crippen LogP contribution >= 0.6 is 0 Å². The first kappa shape index (κ1) is 33.4. The van der Waals surface area contributed by atoms with Crippen molar-refractivity contribution in [3.05, 3.63) is 125 Å². The van der Waals surface area contributed by atoms with Crippen molar-refractivity contribution in [1.82, 2.24) is 24.7 Å². The maximum absolute atomic E-state index is 12.9. The third kappa shape index (κ3) is 9.05. The zero-order valence-corrected chi connectivity index (χ0v) is 26.0. The van der Waals surface area contributed by atoms with Crippen LogP contribution in [-0.4, -0.2) is 75.7 Å². The number of halogens is 3. The van der Waals surface area contributed by atoms with Crippen molar-refractivity contribution in [3.63, 3.8) is 0 Å². The Balaban J connectivity index is 0.000000559. The molecule has 0 spiro atoms. The molecule has 0 atom stereocenters. The average Bonchev–Trinajstić information content (AvgIpc) is 3.44. The Morgan fingerprint density at radius 2 is 1.34 bits per heavy atom. The molecule has 0 aliphatic carbocycles. The molecule has 5 aromatic rings. The van der Waals surface area contributed by atoms with Crippen LogP contribution in [0.1, 0.15) is 27.0 Å². The molecule has 11 heteroatoms. The normalized spacial score (nSPS) is 14.0. The molecule has 0 bridgehead atoms. The minimum Gasteiger partial charge on any atom is -0.475 e. The summed E-state index contributed by atoms with van der Waals surface area (Å²) in [4.78, 5) is 31.6. The maximum atomic E-state index is 12.9. The number of imidazole rings is 1. The zero-order chi connectivity index (χ0) is 33.4. The van der Waals surface area contributed by atoms with E-state index in [1.165, 1.54) is 11.1 Å². The largest absolute Gasteiger partial charge is 0.490 e. The van der Waals surface area contributed by atoms with Crippen LogP contribution in [-0.2, 0) is 24.4 Å². The molecule has 1 aromatic heterocycles.